The van der Waals surface area contributed by atoms with E-state index in [1.807, 2.05) is 30.3 Å². The van der Waals surface area contributed by atoms with Gasteiger partial charge in [-0.25, -0.2) is 0 Å². The van der Waals surface area contributed by atoms with Crippen molar-refractivity contribution in [1.29, 1.82) is 0 Å². The first-order chi connectivity index (χ1) is 15.0. The highest BCUT2D eigenvalue weighted by Gasteiger charge is 2.19. The maximum absolute atomic E-state index is 12.7. The van der Waals surface area contributed by atoms with Gasteiger partial charge in [0.1, 0.15) is 18.0 Å². The molecule has 0 heterocycles. The van der Waals surface area contributed by atoms with Gasteiger partial charge in [-0.15, -0.1) is 0 Å². The number of methoxy groups -OCH3 is 1. The summed E-state index contributed by atoms with van der Waals surface area (Å²) in [5, 5.41) is 9.23. The van der Waals surface area contributed by atoms with Crippen molar-refractivity contribution >= 4 is 11.9 Å². The number of benzene rings is 3. The summed E-state index contributed by atoms with van der Waals surface area (Å²) in [7, 11) is 1.54. The predicted octanol–water partition coefficient (Wildman–Crippen LogP) is 3.98. The smallest absolute Gasteiger partial charge is 0.323 e. The Morgan fingerprint density at radius 3 is 2.26 bits per heavy atom. The largest absolute Gasteiger partial charge is 0.497 e. The van der Waals surface area contributed by atoms with Gasteiger partial charge in [0.05, 0.1) is 7.11 Å². The molecule has 0 aromatic heterocycles. The molecule has 7 nitrogen and oxygen atoms in total. The average Bonchev–Trinajstić information content (AvgIpc) is 2.78. The molecule has 0 radical (unpaired) electrons. The van der Waals surface area contributed by atoms with Crippen molar-refractivity contribution in [3.8, 4) is 23.0 Å². The van der Waals surface area contributed by atoms with Gasteiger partial charge < -0.3 is 24.2 Å². The van der Waals surface area contributed by atoms with Gasteiger partial charge in [0.25, 0.3) is 5.91 Å². The molecule has 1 N–H and O–H groups in total. The number of hydrogen-bond donors (Lipinski definition) is 1. The lowest BCUT2D eigenvalue weighted by Gasteiger charge is -2.21. The average molecular weight is 421 g/mol. The third kappa shape index (κ3) is 6.50. The molecule has 0 bridgehead atoms. The van der Waals surface area contributed by atoms with Gasteiger partial charge >= 0.3 is 5.97 Å². The fraction of sp³-hybridized carbons (Fsp3) is 0.167. The van der Waals surface area contributed by atoms with Gasteiger partial charge in [-0.05, 0) is 42.0 Å². The van der Waals surface area contributed by atoms with Crippen LogP contribution in [0.25, 0.3) is 0 Å². The van der Waals surface area contributed by atoms with E-state index >= 15 is 0 Å². The number of aliphatic carboxylic acids is 1. The van der Waals surface area contributed by atoms with E-state index in [0.29, 0.717) is 23.0 Å². The molecule has 0 atom stereocenters. The minimum absolute atomic E-state index is 0.119. The molecular weight excluding hydrogens is 398 g/mol. The van der Waals surface area contributed by atoms with Crippen LogP contribution in [0.5, 0.6) is 23.0 Å². The first kappa shape index (κ1) is 21.7. The molecule has 0 saturated carbocycles. The number of rotatable bonds is 10. The first-order valence-electron chi connectivity index (χ1n) is 9.62. The zero-order chi connectivity index (χ0) is 22.1. The van der Waals surface area contributed by atoms with E-state index in [4.69, 9.17) is 14.2 Å². The fourth-order valence-electron chi connectivity index (χ4n) is 2.89. The summed E-state index contributed by atoms with van der Waals surface area (Å²) in [6, 6.07) is 23.3. The Bertz CT molecular complexity index is 1020. The van der Waals surface area contributed by atoms with Crippen LogP contribution in [-0.2, 0) is 16.1 Å². The van der Waals surface area contributed by atoms with Crippen LogP contribution in [0.4, 0.5) is 0 Å². The van der Waals surface area contributed by atoms with Crippen LogP contribution >= 0.6 is 0 Å². The molecule has 0 aliphatic heterocycles. The van der Waals surface area contributed by atoms with E-state index < -0.39 is 18.4 Å². The number of carboxylic acid groups (broad SMARTS) is 1. The van der Waals surface area contributed by atoms with Crippen molar-refractivity contribution in [1.82, 2.24) is 4.90 Å². The number of para-hydroxylation sites is 3. The second-order valence-corrected chi connectivity index (χ2v) is 6.65. The summed E-state index contributed by atoms with van der Waals surface area (Å²) < 4.78 is 16.7. The number of nitrogens with zero attached hydrogens (tertiary/aromatic N) is 1. The summed E-state index contributed by atoms with van der Waals surface area (Å²) in [5.74, 6) is 0.540. The molecule has 31 heavy (non-hydrogen) atoms. The van der Waals surface area contributed by atoms with E-state index in [2.05, 4.69) is 0 Å². The SMILES string of the molecule is COc1cccc(CN(CC(=O)O)C(=O)COc2ccccc2Oc2ccccc2)c1. The molecule has 0 saturated heterocycles. The molecule has 0 fully saturated rings. The van der Waals surface area contributed by atoms with Crippen molar-refractivity contribution in [3.05, 3.63) is 84.4 Å². The molecule has 1 amide bonds. The summed E-state index contributed by atoms with van der Waals surface area (Å²) in [5.41, 5.74) is 0.752. The monoisotopic (exact) mass is 421 g/mol. The lowest BCUT2D eigenvalue weighted by Crippen LogP contribution is -2.38. The van der Waals surface area contributed by atoms with Gasteiger partial charge in [0, 0.05) is 6.54 Å². The molecule has 3 rings (SSSR count). The molecule has 7 heteroatoms. The van der Waals surface area contributed by atoms with Crippen LogP contribution in [0.3, 0.4) is 0 Å². The number of ether oxygens (including phenoxy) is 3. The van der Waals surface area contributed by atoms with Crippen LogP contribution in [0.1, 0.15) is 5.56 Å². The Morgan fingerprint density at radius 2 is 1.55 bits per heavy atom. The molecule has 0 aliphatic rings. The third-order valence-electron chi connectivity index (χ3n) is 4.36. The van der Waals surface area contributed by atoms with Gasteiger partial charge in [-0.1, -0.05) is 42.5 Å². The van der Waals surface area contributed by atoms with Gasteiger partial charge in [0.2, 0.25) is 0 Å². The van der Waals surface area contributed by atoms with Crippen molar-refractivity contribution in [3.63, 3.8) is 0 Å². The third-order valence-corrected chi connectivity index (χ3v) is 4.36. The molecule has 160 valence electrons. The molecule has 0 unspecified atom stereocenters. The fourth-order valence-corrected chi connectivity index (χ4v) is 2.89. The minimum Gasteiger partial charge on any atom is -0.497 e. The maximum Gasteiger partial charge on any atom is 0.323 e. The summed E-state index contributed by atoms with van der Waals surface area (Å²) in [4.78, 5) is 25.2. The number of carbonyl (C=O) groups excluding carboxylic acids is 1. The molecule has 3 aromatic rings. The van der Waals surface area contributed by atoms with E-state index in [1.54, 1.807) is 55.6 Å². The van der Waals surface area contributed by atoms with Gasteiger partial charge in [-0.3, -0.25) is 9.59 Å². The molecular formula is C24H23NO6. The van der Waals surface area contributed by atoms with Crippen LogP contribution in [0.15, 0.2) is 78.9 Å². The highest BCUT2D eigenvalue weighted by molar-refractivity contribution is 5.82. The van der Waals surface area contributed by atoms with E-state index in [1.165, 1.54) is 4.90 Å². The summed E-state index contributed by atoms with van der Waals surface area (Å²) >= 11 is 0. The van der Waals surface area contributed by atoms with Gasteiger partial charge in [-0.2, -0.15) is 0 Å². The Kier molecular flexibility index (Phi) is 7.48. The number of carboxylic acids is 1. The summed E-state index contributed by atoms with van der Waals surface area (Å²) in [6.07, 6.45) is 0. The first-order valence-corrected chi connectivity index (χ1v) is 9.62. The zero-order valence-electron chi connectivity index (χ0n) is 17.1. The Labute approximate surface area is 180 Å². The topological polar surface area (TPSA) is 85.3 Å². The highest BCUT2D eigenvalue weighted by Crippen LogP contribution is 2.31. The van der Waals surface area contributed by atoms with Crippen LogP contribution in [0, 0.1) is 0 Å². The highest BCUT2D eigenvalue weighted by atomic mass is 16.5. The van der Waals surface area contributed by atoms with E-state index in [-0.39, 0.29) is 13.2 Å². The standard InChI is InChI=1S/C24H23NO6/c1-29-20-11-7-8-18(14-20)15-25(16-24(27)28)23(26)17-30-21-12-5-6-13-22(21)31-19-9-3-2-4-10-19/h2-14H,15-17H2,1H3,(H,27,28). The Hall–Kier alpha value is -4.00. The Morgan fingerprint density at radius 1 is 0.871 bits per heavy atom. The van der Waals surface area contributed by atoms with Crippen molar-refractivity contribution in [2.75, 3.05) is 20.3 Å². The molecule has 3 aromatic carbocycles. The van der Waals surface area contributed by atoms with Gasteiger partial charge in [0.15, 0.2) is 18.1 Å². The lowest BCUT2D eigenvalue weighted by molar-refractivity contribution is -0.145. The number of hydrogen-bond acceptors (Lipinski definition) is 5. The maximum atomic E-state index is 12.7. The second kappa shape index (κ2) is 10.7. The molecule has 0 spiro atoms. The molecule has 0 aliphatic carbocycles. The van der Waals surface area contributed by atoms with E-state index in [0.717, 1.165) is 5.56 Å². The lowest BCUT2D eigenvalue weighted by atomic mass is 10.2. The van der Waals surface area contributed by atoms with Crippen molar-refractivity contribution in [2.24, 2.45) is 0 Å². The number of carbonyl (C=O) groups is 2. The van der Waals surface area contributed by atoms with Crippen LogP contribution in [0.2, 0.25) is 0 Å². The zero-order valence-corrected chi connectivity index (χ0v) is 17.1. The van der Waals surface area contributed by atoms with Crippen LogP contribution in [-0.4, -0.2) is 42.1 Å². The Balaban J connectivity index is 1.69. The normalized spacial score (nSPS) is 10.2. The van der Waals surface area contributed by atoms with Crippen molar-refractivity contribution in [2.45, 2.75) is 6.54 Å². The summed E-state index contributed by atoms with van der Waals surface area (Å²) in [6.45, 7) is -0.651. The minimum atomic E-state index is -1.11. The quantitative estimate of drug-likeness (QED) is 0.533. The van der Waals surface area contributed by atoms with Crippen LogP contribution < -0.4 is 14.2 Å². The van der Waals surface area contributed by atoms with E-state index in [9.17, 15) is 14.7 Å². The second-order valence-electron chi connectivity index (χ2n) is 6.65. The number of amides is 1. The predicted molar refractivity (Wildman–Crippen MR) is 114 cm³/mol. The van der Waals surface area contributed by atoms with Crippen molar-refractivity contribution < 1.29 is 28.9 Å².